The molecule has 0 saturated heterocycles. The van der Waals surface area contributed by atoms with Crippen LogP contribution in [-0.4, -0.2) is 0 Å². The fourth-order valence-corrected chi connectivity index (χ4v) is 3.44. The van der Waals surface area contributed by atoms with Crippen LogP contribution in [0.1, 0.15) is 78.6 Å². The largest absolute Gasteiger partial charge is 0.0654 e. The average molecular weight is 210 g/mol. The van der Waals surface area contributed by atoms with E-state index in [9.17, 15) is 0 Å². The van der Waals surface area contributed by atoms with Gasteiger partial charge in [-0.1, -0.05) is 65.7 Å². The highest BCUT2D eigenvalue weighted by Gasteiger charge is 2.21. The Labute approximate surface area is 96.8 Å². The van der Waals surface area contributed by atoms with Crippen molar-refractivity contribution in [1.29, 1.82) is 0 Å². The Morgan fingerprint density at radius 1 is 1.07 bits per heavy atom. The highest BCUT2D eigenvalue weighted by atomic mass is 14.3. The Balaban J connectivity index is 2.28. The molecule has 0 aromatic carbocycles. The minimum Gasteiger partial charge on any atom is -0.0654 e. The Hall–Kier alpha value is 0. The van der Waals surface area contributed by atoms with Gasteiger partial charge in [-0.3, -0.25) is 0 Å². The molecule has 15 heavy (non-hydrogen) atoms. The van der Waals surface area contributed by atoms with E-state index in [0.717, 1.165) is 17.8 Å². The third-order valence-corrected chi connectivity index (χ3v) is 4.11. The van der Waals surface area contributed by atoms with Gasteiger partial charge in [0.1, 0.15) is 0 Å². The first-order valence-electron chi connectivity index (χ1n) is 7.26. The van der Waals surface area contributed by atoms with Gasteiger partial charge in [-0.05, 0) is 30.6 Å². The lowest BCUT2D eigenvalue weighted by Crippen LogP contribution is -2.16. The lowest BCUT2D eigenvalue weighted by molar-refractivity contribution is 0.226. The van der Waals surface area contributed by atoms with Gasteiger partial charge in [0.2, 0.25) is 0 Å². The molecule has 0 spiro atoms. The van der Waals surface area contributed by atoms with E-state index in [4.69, 9.17) is 0 Å². The maximum absolute atomic E-state index is 2.45. The molecule has 90 valence electrons. The van der Waals surface area contributed by atoms with Gasteiger partial charge >= 0.3 is 0 Å². The van der Waals surface area contributed by atoms with Gasteiger partial charge in [0, 0.05) is 0 Å². The third kappa shape index (κ3) is 5.04. The van der Waals surface area contributed by atoms with Crippen LogP contribution in [0.25, 0.3) is 0 Å². The van der Waals surface area contributed by atoms with Gasteiger partial charge in [0.25, 0.3) is 0 Å². The third-order valence-electron chi connectivity index (χ3n) is 4.11. The van der Waals surface area contributed by atoms with Crippen LogP contribution < -0.4 is 0 Å². The summed E-state index contributed by atoms with van der Waals surface area (Å²) in [7, 11) is 0. The summed E-state index contributed by atoms with van der Waals surface area (Å²) < 4.78 is 0. The molecular weight excluding hydrogens is 180 g/mol. The fourth-order valence-electron chi connectivity index (χ4n) is 3.44. The van der Waals surface area contributed by atoms with Gasteiger partial charge in [0.05, 0.1) is 0 Å². The van der Waals surface area contributed by atoms with E-state index in [2.05, 4.69) is 20.8 Å². The molecule has 0 aromatic rings. The molecule has 0 bridgehead atoms. The van der Waals surface area contributed by atoms with Crippen molar-refractivity contribution < 1.29 is 0 Å². The van der Waals surface area contributed by atoms with Crippen LogP contribution in [0.4, 0.5) is 0 Å². The molecule has 0 nitrogen and oxygen atoms in total. The smallest absolute Gasteiger partial charge is 0.0409 e. The van der Waals surface area contributed by atoms with E-state index in [1.54, 1.807) is 0 Å². The van der Waals surface area contributed by atoms with Crippen molar-refractivity contribution in [2.24, 2.45) is 17.8 Å². The van der Waals surface area contributed by atoms with Gasteiger partial charge < -0.3 is 0 Å². The Morgan fingerprint density at radius 3 is 2.27 bits per heavy atom. The molecule has 0 amide bonds. The maximum atomic E-state index is 2.45. The molecule has 2 unspecified atom stereocenters. The number of hydrogen-bond donors (Lipinski definition) is 0. The Kier molecular flexibility index (Phi) is 6.36. The van der Waals surface area contributed by atoms with E-state index in [0.29, 0.717) is 0 Å². The van der Waals surface area contributed by atoms with Gasteiger partial charge in [-0.2, -0.15) is 0 Å². The predicted octanol–water partition coefficient (Wildman–Crippen LogP) is 5.42. The molecule has 2 atom stereocenters. The SMILES string of the molecule is CCCC(CCC)CC1CCCC(C)C1. The molecule has 0 aromatic heterocycles. The molecule has 1 rings (SSSR count). The molecule has 0 N–H and O–H groups in total. The molecule has 1 aliphatic rings. The van der Waals surface area contributed by atoms with E-state index < -0.39 is 0 Å². The van der Waals surface area contributed by atoms with E-state index in [-0.39, 0.29) is 0 Å². The summed E-state index contributed by atoms with van der Waals surface area (Å²) >= 11 is 0. The van der Waals surface area contributed by atoms with Crippen molar-refractivity contribution in [3.8, 4) is 0 Å². The summed E-state index contributed by atoms with van der Waals surface area (Å²) in [6, 6.07) is 0. The summed E-state index contributed by atoms with van der Waals surface area (Å²) in [5.74, 6) is 3.11. The zero-order valence-electron chi connectivity index (χ0n) is 11.1. The standard InChI is InChI=1S/C15H30/c1-4-7-14(8-5-2)12-15-10-6-9-13(3)11-15/h13-15H,4-12H2,1-3H3. The minimum atomic E-state index is 1.01. The quantitative estimate of drug-likeness (QED) is 0.549. The van der Waals surface area contributed by atoms with E-state index in [1.807, 2.05) is 0 Å². The molecule has 0 heteroatoms. The zero-order valence-corrected chi connectivity index (χ0v) is 11.1. The van der Waals surface area contributed by atoms with Crippen LogP contribution in [0.3, 0.4) is 0 Å². The zero-order chi connectivity index (χ0) is 11.1. The van der Waals surface area contributed by atoms with Crippen molar-refractivity contribution in [1.82, 2.24) is 0 Å². The molecule has 0 radical (unpaired) electrons. The van der Waals surface area contributed by atoms with Crippen molar-refractivity contribution in [2.75, 3.05) is 0 Å². The highest BCUT2D eigenvalue weighted by molar-refractivity contribution is 4.73. The lowest BCUT2D eigenvalue weighted by Gasteiger charge is -2.29. The summed E-state index contributed by atoms with van der Waals surface area (Å²) in [4.78, 5) is 0. The molecule has 1 fully saturated rings. The first-order valence-corrected chi connectivity index (χ1v) is 7.26. The first-order chi connectivity index (χ1) is 7.26. The second kappa shape index (κ2) is 7.30. The Morgan fingerprint density at radius 2 is 1.73 bits per heavy atom. The highest BCUT2D eigenvalue weighted by Crippen LogP contribution is 2.34. The van der Waals surface area contributed by atoms with Crippen LogP contribution in [0, 0.1) is 17.8 Å². The van der Waals surface area contributed by atoms with Crippen LogP contribution in [-0.2, 0) is 0 Å². The summed E-state index contributed by atoms with van der Waals surface area (Å²) in [5.41, 5.74) is 0. The van der Waals surface area contributed by atoms with Gasteiger partial charge in [-0.25, -0.2) is 0 Å². The number of hydrogen-bond acceptors (Lipinski definition) is 0. The topological polar surface area (TPSA) is 0 Å². The second-order valence-electron chi connectivity index (χ2n) is 5.82. The molecule has 0 heterocycles. The van der Waals surface area contributed by atoms with E-state index >= 15 is 0 Å². The predicted molar refractivity (Wildman–Crippen MR) is 69.0 cm³/mol. The van der Waals surface area contributed by atoms with Crippen molar-refractivity contribution >= 4 is 0 Å². The van der Waals surface area contributed by atoms with Crippen LogP contribution in [0.5, 0.6) is 0 Å². The summed E-state index contributed by atoms with van der Waals surface area (Å²) in [6.45, 7) is 7.12. The van der Waals surface area contributed by atoms with Crippen LogP contribution in [0.2, 0.25) is 0 Å². The summed E-state index contributed by atoms with van der Waals surface area (Å²) in [6.07, 6.45) is 13.3. The lowest BCUT2D eigenvalue weighted by atomic mass is 9.76. The van der Waals surface area contributed by atoms with Crippen molar-refractivity contribution in [2.45, 2.75) is 78.6 Å². The van der Waals surface area contributed by atoms with Crippen molar-refractivity contribution in [3.63, 3.8) is 0 Å². The average Bonchev–Trinajstić information content (AvgIpc) is 2.18. The monoisotopic (exact) mass is 210 g/mol. The molecular formula is C15H30. The van der Waals surface area contributed by atoms with Crippen molar-refractivity contribution in [3.05, 3.63) is 0 Å². The second-order valence-corrected chi connectivity index (χ2v) is 5.82. The van der Waals surface area contributed by atoms with E-state index in [1.165, 1.54) is 57.8 Å². The normalized spacial score (nSPS) is 27.2. The number of rotatable bonds is 6. The molecule has 1 aliphatic carbocycles. The molecule has 1 saturated carbocycles. The van der Waals surface area contributed by atoms with Crippen LogP contribution >= 0.6 is 0 Å². The summed E-state index contributed by atoms with van der Waals surface area (Å²) in [5, 5.41) is 0. The maximum Gasteiger partial charge on any atom is -0.0409 e. The Bertz CT molecular complexity index is 141. The fraction of sp³-hybridized carbons (Fsp3) is 1.00. The minimum absolute atomic E-state index is 1.01. The first kappa shape index (κ1) is 13.1. The van der Waals surface area contributed by atoms with Crippen LogP contribution in [0.15, 0.2) is 0 Å². The molecule has 0 aliphatic heterocycles. The van der Waals surface area contributed by atoms with Gasteiger partial charge in [0.15, 0.2) is 0 Å². The van der Waals surface area contributed by atoms with Gasteiger partial charge in [-0.15, -0.1) is 0 Å².